The van der Waals surface area contributed by atoms with Crippen molar-refractivity contribution in [1.29, 1.82) is 0 Å². The van der Waals surface area contributed by atoms with Crippen LogP contribution in [0.15, 0.2) is 36.4 Å². The van der Waals surface area contributed by atoms with Crippen molar-refractivity contribution in [2.24, 2.45) is 0 Å². The number of hydrogen-bond acceptors (Lipinski definition) is 4. The molecule has 3 rings (SSSR count). The second-order valence-electron chi connectivity index (χ2n) is 9.06. The number of benzene rings is 2. The van der Waals surface area contributed by atoms with E-state index in [2.05, 4.69) is 36.1 Å². The number of ether oxygens (including phenoxy) is 2. The summed E-state index contributed by atoms with van der Waals surface area (Å²) in [6.07, 6.45) is 6.42. The fraction of sp³-hybridized carbons (Fsp3) is 0.519. The summed E-state index contributed by atoms with van der Waals surface area (Å²) in [5.41, 5.74) is 2.63. The van der Waals surface area contributed by atoms with Crippen LogP contribution in [0.3, 0.4) is 0 Å². The quantitative estimate of drug-likeness (QED) is 0.295. The molecule has 1 atom stereocenters. The highest BCUT2D eigenvalue weighted by Gasteiger charge is 2.25. The first kappa shape index (κ1) is 26.7. The molecular formula is C27H36Cl2N2O3. The van der Waals surface area contributed by atoms with Crippen LogP contribution in [0.1, 0.15) is 61.4 Å². The lowest BCUT2D eigenvalue weighted by molar-refractivity contribution is 0.0507. The van der Waals surface area contributed by atoms with Crippen LogP contribution in [0.5, 0.6) is 5.75 Å². The fourth-order valence-corrected chi connectivity index (χ4v) is 4.68. The lowest BCUT2D eigenvalue weighted by Gasteiger charge is -2.26. The molecule has 1 amide bonds. The van der Waals surface area contributed by atoms with Gasteiger partial charge in [0.15, 0.2) is 5.75 Å². The molecular weight excluding hydrogens is 471 g/mol. The number of nitrogens with zero attached hydrogens (tertiary/aromatic N) is 2. The second kappa shape index (κ2) is 13.2. The van der Waals surface area contributed by atoms with E-state index in [4.69, 9.17) is 32.7 Å². The molecule has 5 nitrogen and oxygen atoms in total. The maximum absolute atomic E-state index is 13.6. The molecule has 0 N–H and O–H groups in total. The van der Waals surface area contributed by atoms with Gasteiger partial charge in [-0.05, 0) is 49.1 Å². The van der Waals surface area contributed by atoms with E-state index in [1.54, 1.807) is 12.1 Å². The van der Waals surface area contributed by atoms with E-state index in [1.165, 1.54) is 12.8 Å². The normalized spacial score (nSPS) is 15.4. The van der Waals surface area contributed by atoms with Gasteiger partial charge in [-0.3, -0.25) is 4.79 Å². The Morgan fingerprint density at radius 1 is 1.09 bits per heavy atom. The summed E-state index contributed by atoms with van der Waals surface area (Å²) in [7, 11) is 4.02. The average Bonchev–Trinajstić information content (AvgIpc) is 3.33. The molecule has 1 aliphatic heterocycles. The lowest BCUT2D eigenvalue weighted by Crippen LogP contribution is -2.37. The Morgan fingerprint density at radius 3 is 2.38 bits per heavy atom. The van der Waals surface area contributed by atoms with Crippen LogP contribution in [0.25, 0.3) is 0 Å². The summed E-state index contributed by atoms with van der Waals surface area (Å²) in [6.45, 7) is 4.48. The van der Waals surface area contributed by atoms with Crippen LogP contribution in [0.2, 0.25) is 10.0 Å². The van der Waals surface area contributed by atoms with Crippen LogP contribution >= 0.6 is 23.2 Å². The largest absolute Gasteiger partial charge is 0.490 e. The molecule has 7 heteroatoms. The maximum atomic E-state index is 13.6. The number of rotatable bonds is 12. The fourth-order valence-electron chi connectivity index (χ4n) is 4.08. The summed E-state index contributed by atoms with van der Waals surface area (Å²) in [4.78, 5) is 17.4. The van der Waals surface area contributed by atoms with Crippen molar-refractivity contribution < 1.29 is 14.3 Å². The van der Waals surface area contributed by atoms with Crippen LogP contribution < -0.4 is 9.64 Å². The molecule has 0 aliphatic carbocycles. The number of unbranched alkanes of at least 4 members (excludes halogenated alkanes) is 3. The van der Waals surface area contributed by atoms with E-state index in [0.29, 0.717) is 41.1 Å². The first-order valence-corrected chi connectivity index (χ1v) is 12.9. The number of halogens is 2. The number of anilines is 1. The molecule has 0 radical (unpaired) electrons. The van der Waals surface area contributed by atoms with Gasteiger partial charge in [-0.1, -0.05) is 61.5 Å². The summed E-state index contributed by atoms with van der Waals surface area (Å²) in [5.74, 6) is 0.326. The average molecular weight is 508 g/mol. The van der Waals surface area contributed by atoms with Gasteiger partial charge in [0.25, 0.3) is 5.91 Å². The van der Waals surface area contributed by atoms with Crippen molar-refractivity contribution in [3.05, 3.63) is 57.6 Å². The Labute approximate surface area is 213 Å². The van der Waals surface area contributed by atoms with Gasteiger partial charge in [0, 0.05) is 45.0 Å². The van der Waals surface area contributed by atoms with Crippen molar-refractivity contribution in [2.45, 2.75) is 58.1 Å². The Bertz CT molecular complexity index is 905. The summed E-state index contributed by atoms with van der Waals surface area (Å²) >= 11 is 13.0. The number of amides is 1. The van der Waals surface area contributed by atoms with E-state index in [0.717, 1.165) is 43.5 Å². The minimum absolute atomic E-state index is 0.0432. The molecule has 1 saturated heterocycles. The molecule has 0 bridgehead atoms. The zero-order valence-corrected chi connectivity index (χ0v) is 22.0. The van der Waals surface area contributed by atoms with Crippen LogP contribution in [0, 0.1) is 0 Å². The van der Waals surface area contributed by atoms with Crippen LogP contribution in [0.4, 0.5) is 5.69 Å². The Balaban J connectivity index is 1.75. The monoisotopic (exact) mass is 506 g/mol. The predicted molar refractivity (Wildman–Crippen MR) is 141 cm³/mol. The standard InChI is InChI=1S/C27H36Cl2N2O3/c1-4-5-6-7-14-34-26-24(28)16-21(17-25(26)29)27(32)31(19-23-9-8-15-33-23)18-20-10-12-22(13-11-20)30(2)3/h10-13,16-17,23H,4-9,14-15,18-19H2,1-3H3. The maximum Gasteiger partial charge on any atom is 0.254 e. The van der Waals surface area contributed by atoms with Gasteiger partial charge < -0.3 is 19.3 Å². The van der Waals surface area contributed by atoms with Gasteiger partial charge in [0.05, 0.1) is 22.8 Å². The van der Waals surface area contributed by atoms with Crippen LogP contribution in [-0.4, -0.2) is 50.8 Å². The lowest BCUT2D eigenvalue weighted by atomic mass is 10.1. The third-order valence-electron chi connectivity index (χ3n) is 6.05. The van der Waals surface area contributed by atoms with E-state index in [9.17, 15) is 4.79 Å². The number of hydrogen-bond donors (Lipinski definition) is 0. The minimum Gasteiger partial charge on any atom is -0.490 e. The molecule has 2 aromatic rings. The summed E-state index contributed by atoms with van der Waals surface area (Å²) in [6, 6.07) is 11.6. The molecule has 0 saturated carbocycles. The minimum atomic E-state index is -0.120. The highest BCUT2D eigenvalue weighted by Crippen LogP contribution is 2.35. The van der Waals surface area contributed by atoms with E-state index < -0.39 is 0 Å². The Hall–Kier alpha value is -1.95. The van der Waals surface area contributed by atoms with E-state index >= 15 is 0 Å². The number of carbonyl (C=O) groups excluding carboxylic acids is 1. The third kappa shape index (κ3) is 7.53. The first-order valence-electron chi connectivity index (χ1n) is 12.2. The molecule has 186 valence electrons. The van der Waals surface area contributed by atoms with Gasteiger partial charge >= 0.3 is 0 Å². The van der Waals surface area contributed by atoms with E-state index in [1.807, 2.05) is 19.0 Å². The predicted octanol–water partition coefficient (Wildman–Crippen LogP) is 6.84. The van der Waals surface area contributed by atoms with Crippen molar-refractivity contribution in [3.8, 4) is 5.75 Å². The van der Waals surface area contributed by atoms with Crippen molar-refractivity contribution >= 4 is 34.8 Å². The molecule has 1 fully saturated rings. The SMILES string of the molecule is CCCCCCOc1c(Cl)cc(C(=O)N(Cc2ccc(N(C)C)cc2)CC2CCCO2)cc1Cl. The molecule has 0 spiro atoms. The molecule has 1 heterocycles. The highest BCUT2D eigenvalue weighted by molar-refractivity contribution is 6.37. The third-order valence-corrected chi connectivity index (χ3v) is 6.61. The number of carbonyl (C=O) groups is 1. The van der Waals surface area contributed by atoms with Gasteiger partial charge in [-0.15, -0.1) is 0 Å². The van der Waals surface area contributed by atoms with Crippen molar-refractivity contribution in [1.82, 2.24) is 4.90 Å². The first-order chi connectivity index (χ1) is 16.4. The molecule has 1 aliphatic rings. The summed E-state index contributed by atoms with van der Waals surface area (Å²) in [5, 5.41) is 0.720. The van der Waals surface area contributed by atoms with Gasteiger partial charge in [0.2, 0.25) is 0 Å². The second-order valence-corrected chi connectivity index (χ2v) is 9.87. The molecule has 2 aromatic carbocycles. The smallest absolute Gasteiger partial charge is 0.254 e. The van der Waals surface area contributed by atoms with Gasteiger partial charge in [0.1, 0.15) is 0 Å². The zero-order valence-electron chi connectivity index (χ0n) is 20.5. The molecule has 1 unspecified atom stereocenters. The van der Waals surface area contributed by atoms with E-state index in [-0.39, 0.29) is 12.0 Å². The highest BCUT2D eigenvalue weighted by atomic mass is 35.5. The van der Waals surface area contributed by atoms with Gasteiger partial charge in [-0.2, -0.15) is 0 Å². The molecule has 0 aromatic heterocycles. The van der Waals surface area contributed by atoms with Gasteiger partial charge in [-0.25, -0.2) is 0 Å². The topological polar surface area (TPSA) is 42.0 Å². The van der Waals surface area contributed by atoms with Crippen LogP contribution in [-0.2, 0) is 11.3 Å². The zero-order chi connectivity index (χ0) is 24.5. The summed E-state index contributed by atoms with van der Waals surface area (Å²) < 4.78 is 11.7. The molecule has 34 heavy (non-hydrogen) atoms. The Morgan fingerprint density at radius 2 is 1.79 bits per heavy atom. The van der Waals surface area contributed by atoms with Crippen molar-refractivity contribution in [2.75, 3.05) is 38.8 Å². The Kier molecular flexibility index (Phi) is 10.4. The van der Waals surface area contributed by atoms with Crippen molar-refractivity contribution in [3.63, 3.8) is 0 Å².